The van der Waals surface area contributed by atoms with Crippen molar-refractivity contribution in [3.8, 4) is 5.75 Å². The first-order valence-corrected chi connectivity index (χ1v) is 13.0. The summed E-state index contributed by atoms with van der Waals surface area (Å²) in [6, 6.07) is 5.51. The maximum atomic E-state index is 8.99. The molecule has 0 aliphatic heterocycles. The molecule has 0 saturated heterocycles. The van der Waals surface area contributed by atoms with Crippen LogP contribution >= 0.6 is 25.5 Å². The van der Waals surface area contributed by atoms with Crippen molar-refractivity contribution in [3.63, 3.8) is 0 Å². The number of aromatic hydroxyl groups is 1. The molecule has 0 aliphatic rings. The molecule has 1 N–H and O–H groups in total. The van der Waals surface area contributed by atoms with Crippen molar-refractivity contribution in [2.75, 3.05) is 0 Å². The van der Waals surface area contributed by atoms with Gasteiger partial charge in [0.15, 0.2) is 0 Å². The maximum absolute atomic E-state index is 8.99. The second-order valence-electron chi connectivity index (χ2n) is 2.56. The van der Waals surface area contributed by atoms with Gasteiger partial charge in [-0.25, -0.2) is 0 Å². The van der Waals surface area contributed by atoms with E-state index in [9.17, 15) is 0 Å². The SMILES string of the molecule is Cc1cc(C)cc(O)c1.[Cl][Zr]([Cl])[Cl]. The van der Waals surface area contributed by atoms with Gasteiger partial charge in [0.1, 0.15) is 5.75 Å². The van der Waals surface area contributed by atoms with E-state index >= 15 is 0 Å². The molecular formula is C8H10Cl3OZr. The van der Waals surface area contributed by atoms with Gasteiger partial charge >= 0.3 is 43.7 Å². The van der Waals surface area contributed by atoms with Crippen LogP contribution in [0.2, 0.25) is 0 Å². The number of phenolic OH excluding ortho intramolecular Hbond substituents is 1. The number of aryl methyl sites for hydroxylation is 2. The first-order valence-electron chi connectivity index (χ1n) is 3.52. The zero-order valence-electron chi connectivity index (χ0n) is 7.31. The average molecular weight is 320 g/mol. The van der Waals surface area contributed by atoms with Gasteiger partial charge in [0.2, 0.25) is 0 Å². The molecule has 0 atom stereocenters. The molecule has 0 unspecified atom stereocenters. The third kappa shape index (κ3) is 9.09. The van der Waals surface area contributed by atoms with Crippen molar-refractivity contribution in [2.24, 2.45) is 0 Å². The Labute approximate surface area is 96.9 Å². The molecule has 0 bridgehead atoms. The van der Waals surface area contributed by atoms with Crippen LogP contribution in [-0.4, -0.2) is 5.11 Å². The average Bonchev–Trinajstić information content (AvgIpc) is 1.80. The summed E-state index contributed by atoms with van der Waals surface area (Å²) in [6.07, 6.45) is 0. The first-order chi connectivity index (χ1) is 5.91. The van der Waals surface area contributed by atoms with E-state index in [-0.39, 0.29) is 0 Å². The number of phenols is 1. The Kier molecular flexibility index (Phi) is 7.54. The fourth-order valence-electron chi connectivity index (χ4n) is 0.951. The summed E-state index contributed by atoms with van der Waals surface area (Å²) < 4.78 is 0. The third-order valence-electron chi connectivity index (χ3n) is 1.21. The quantitative estimate of drug-likeness (QED) is 0.764. The molecule has 0 aliphatic carbocycles. The molecule has 13 heavy (non-hydrogen) atoms. The molecular weight excluding hydrogens is 310 g/mol. The molecule has 5 heteroatoms. The summed E-state index contributed by atoms with van der Waals surface area (Å²) in [6.45, 7) is 3.93. The van der Waals surface area contributed by atoms with E-state index in [2.05, 4.69) is 0 Å². The van der Waals surface area contributed by atoms with Crippen LogP contribution in [0.15, 0.2) is 18.2 Å². The van der Waals surface area contributed by atoms with Gasteiger partial charge in [0.25, 0.3) is 0 Å². The summed E-state index contributed by atoms with van der Waals surface area (Å²) in [5, 5.41) is 8.99. The van der Waals surface area contributed by atoms with Gasteiger partial charge in [-0.1, -0.05) is 6.07 Å². The second kappa shape index (κ2) is 7.12. The molecule has 1 aromatic carbocycles. The number of halogens is 3. The van der Waals surface area contributed by atoms with Crippen LogP contribution in [0.25, 0.3) is 0 Å². The van der Waals surface area contributed by atoms with Crippen LogP contribution in [-0.2, 0) is 18.2 Å². The van der Waals surface area contributed by atoms with E-state index in [0.29, 0.717) is 5.75 Å². The fourth-order valence-corrected chi connectivity index (χ4v) is 0.951. The Morgan fingerprint density at radius 1 is 1.00 bits per heavy atom. The molecule has 0 fully saturated rings. The monoisotopic (exact) mass is 317 g/mol. The second-order valence-corrected chi connectivity index (χ2v) is 13.8. The van der Waals surface area contributed by atoms with E-state index in [4.69, 9.17) is 30.6 Å². The van der Waals surface area contributed by atoms with Crippen molar-refractivity contribution in [1.29, 1.82) is 0 Å². The van der Waals surface area contributed by atoms with Crippen LogP contribution in [0, 0.1) is 13.8 Å². The van der Waals surface area contributed by atoms with Crippen molar-refractivity contribution in [2.45, 2.75) is 13.8 Å². The Morgan fingerprint density at radius 3 is 1.54 bits per heavy atom. The van der Waals surface area contributed by atoms with E-state index < -0.39 is 18.2 Å². The van der Waals surface area contributed by atoms with Gasteiger partial charge < -0.3 is 5.11 Å². The molecule has 1 aromatic rings. The third-order valence-corrected chi connectivity index (χ3v) is 1.21. The van der Waals surface area contributed by atoms with Crippen molar-refractivity contribution >= 4 is 25.5 Å². The molecule has 1 rings (SSSR count). The number of rotatable bonds is 0. The Bertz CT molecular complexity index is 212. The van der Waals surface area contributed by atoms with Crippen LogP contribution in [0.4, 0.5) is 0 Å². The van der Waals surface area contributed by atoms with Gasteiger partial charge in [-0.05, 0) is 37.1 Å². The Hall–Kier alpha value is 0.773. The summed E-state index contributed by atoms with van der Waals surface area (Å²) in [5.41, 5.74) is 2.21. The number of hydrogen-bond acceptors (Lipinski definition) is 1. The van der Waals surface area contributed by atoms with E-state index in [1.54, 1.807) is 12.1 Å². The van der Waals surface area contributed by atoms with Crippen molar-refractivity contribution < 1.29 is 23.3 Å². The van der Waals surface area contributed by atoms with Crippen LogP contribution in [0.5, 0.6) is 5.75 Å². The van der Waals surface area contributed by atoms with Crippen LogP contribution in [0.1, 0.15) is 11.1 Å². The molecule has 0 spiro atoms. The van der Waals surface area contributed by atoms with Gasteiger partial charge in [0, 0.05) is 0 Å². The summed E-state index contributed by atoms with van der Waals surface area (Å²) >= 11 is -2.13. The molecule has 0 heterocycles. The molecule has 0 amide bonds. The summed E-state index contributed by atoms with van der Waals surface area (Å²) in [5.74, 6) is 0.354. The normalized spacial score (nSPS) is 8.69. The molecule has 0 radical (unpaired) electrons. The first kappa shape index (κ1) is 13.8. The van der Waals surface area contributed by atoms with E-state index in [0.717, 1.165) is 11.1 Å². The topological polar surface area (TPSA) is 20.2 Å². The minimum atomic E-state index is -2.13. The van der Waals surface area contributed by atoms with Gasteiger partial charge in [-0.3, -0.25) is 0 Å². The molecule has 73 valence electrons. The number of benzene rings is 1. The summed E-state index contributed by atoms with van der Waals surface area (Å²) in [4.78, 5) is 0. The molecule has 0 saturated carbocycles. The van der Waals surface area contributed by atoms with E-state index in [1.807, 2.05) is 19.9 Å². The Balaban J connectivity index is 0.000000310. The zero-order valence-corrected chi connectivity index (χ0v) is 12.0. The van der Waals surface area contributed by atoms with Crippen molar-refractivity contribution in [1.82, 2.24) is 0 Å². The summed E-state index contributed by atoms with van der Waals surface area (Å²) in [7, 11) is 15.0. The fraction of sp³-hybridized carbons (Fsp3) is 0.250. The van der Waals surface area contributed by atoms with Crippen LogP contribution < -0.4 is 0 Å². The molecule has 1 nitrogen and oxygen atoms in total. The standard InChI is InChI=1S/C8H10O.3ClH.Zr/c1-6-3-7(2)5-8(9)4-6;;;;/h3-5,9H,1-2H3;3*1H;/q;;;;+3/p-3. The molecule has 0 aromatic heterocycles. The zero-order chi connectivity index (χ0) is 10.4. The van der Waals surface area contributed by atoms with Gasteiger partial charge in [-0.15, -0.1) is 0 Å². The van der Waals surface area contributed by atoms with E-state index in [1.165, 1.54) is 0 Å². The van der Waals surface area contributed by atoms with Crippen LogP contribution in [0.3, 0.4) is 0 Å². The van der Waals surface area contributed by atoms with Gasteiger partial charge in [0.05, 0.1) is 0 Å². The Morgan fingerprint density at radius 2 is 1.31 bits per heavy atom. The predicted octanol–water partition coefficient (Wildman–Crippen LogP) is 4.08. The minimum absolute atomic E-state index is 0.354. The van der Waals surface area contributed by atoms with Crippen molar-refractivity contribution in [3.05, 3.63) is 29.3 Å². The predicted molar refractivity (Wildman–Crippen MR) is 55.1 cm³/mol. The number of hydrogen-bond donors (Lipinski definition) is 1. The van der Waals surface area contributed by atoms with Gasteiger partial charge in [-0.2, -0.15) is 0 Å².